The number of amides is 4. The van der Waals surface area contributed by atoms with Crippen molar-refractivity contribution in [2.75, 3.05) is 6.54 Å². The number of carbonyl (C=O) groups is 3. The van der Waals surface area contributed by atoms with Crippen LogP contribution in [0.1, 0.15) is 15.9 Å². The Morgan fingerprint density at radius 3 is 2.50 bits per heavy atom. The minimum absolute atomic E-state index is 0.0342. The standard InChI is InChI=1S/C11H12N4O3/c12-14-10(17)8-3-1-7(2-4-8)6-15-9(16)5-13-11(15)18/h1-4H,5-6,12H2,(H,13,18)(H,14,17). The lowest BCUT2D eigenvalue weighted by molar-refractivity contribution is -0.125. The van der Waals surface area contributed by atoms with Crippen LogP contribution in [-0.2, 0) is 11.3 Å². The lowest BCUT2D eigenvalue weighted by Gasteiger charge is -2.12. The van der Waals surface area contributed by atoms with Crippen molar-refractivity contribution in [3.8, 4) is 0 Å². The van der Waals surface area contributed by atoms with Gasteiger partial charge in [-0.3, -0.25) is 19.9 Å². The molecule has 1 fully saturated rings. The minimum Gasteiger partial charge on any atom is -0.329 e. The molecule has 1 saturated heterocycles. The van der Waals surface area contributed by atoms with E-state index >= 15 is 0 Å². The van der Waals surface area contributed by atoms with E-state index in [2.05, 4.69) is 5.32 Å². The number of nitrogens with one attached hydrogen (secondary N) is 2. The number of hydrazine groups is 1. The molecular weight excluding hydrogens is 236 g/mol. The molecule has 0 radical (unpaired) electrons. The monoisotopic (exact) mass is 248 g/mol. The van der Waals surface area contributed by atoms with Crippen LogP contribution in [0.5, 0.6) is 0 Å². The van der Waals surface area contributed by atoms with E-state index in [9.17, 15) is 14.4 Å². The molecule has 1 aromatic carbocycles. The van der Waals surface area contributed by atoms with Crippen molar-refractivity contribution >= 4 is 17.8 Å². The van der Waals surface area contributed by atoms with Gasteiger partial charge >= 0.3 is 6.03 Å². The number of carbonyl (C=O) groups excluding carboxylic acids is 3. The third-order valence-electron chi connectivity index (χ3n) is 2.62. The van der Waals surface area contributed by atoms with Crippen LogP contribution >= 0.6 is 0 Å². The highest BCUT2D eigenvalue weighted by atomic mass is 16.2. The zero-order valence-electron chi connectivity index (χ0n) is 9.47. The first-order valence-electron chi connectivity index (χ1n) is 5.30. The van der Waals surface area contributed by atoms with E-state index in [0.717, 1.165) is 10.5 Å². The van der Waals surface area contributed by atoms with Gasteiger partial charge in [0.05, 0.1) is 13.1 Å². The number of hydrogen-bond acceptors (Lipinski definition) is 4. The molecule has 7 nitrogen and oxygen atoms in total. The van der Waals surface area contributed by atoms with Gasteiger partial charge in [-0.1, -0.05) is 12.1 Å². The van der Waals surface area contributed by atoms with Gasteiger partial charge in [0.1, 0.15) is 0 Å². The van der Waals surface area contributed by atoms with Gasteiger partial charge < -0.3 is 5.32 Å². The van der Waals surface area contributed by atoms with E-state index < -0.39 is 11.9 Å². The van der Waals surface area contributed by atoms with Gasteiger partial charge in [0.2, 0.25) is 5.91 Å². The quantitative estimate of drug-likeness (QED) is 0.286. The first-order chi connectivity index (χ1) is 8.61. The average molecular weight is 248 g/mol. The largest absolute Gasteiger partial charge is 0.329 e. The molecule has 94 valence electrons. The van der Waals surface area contributed by atoms with E-state index in [0.29, 0.717) is 5.56 Å². The first-order valence-corrected chi connectivity index (χ1v) is 5.30. The molecule has 0 aromatic heterocycles. The summed E-state index contributed by atoms with van der Waals surface area (Å²) in [6.45, 7) is 0.224. The van der Waals surface area contributed by atoms with Crippen molar-refractivity contribution < 1.29 is 14.4 Å². The van der Waals surface area contributed by atoms with Gasteiger partial charge in [-0.05, 0) is 17.7 Å². The van der Waals surface area contributed by atoms with E-state index in [1.54, 1.807) is 24.3 Å². The molecule has 0 bridgehead atoms. The lowest BCUT2D eigenvalue weighted by atomic mass is 10.1. The molecule has 0 saturated carbocycles. The first kappa shape index (κ1) is 12.1. The predicted molar refractivity (Wildman–Crippen MR) is 62.0 cm³/mol. The van der Waals surface area contributed by atoms with Crippen LogP contribution < -0.4 is 16.6 Å². The van der Waals surface area contributed by atoms with Gasteiger partial charge in [-0.2, -0.15) is 0 Å². The zero-order valence-corrected chi connectivity index (χ0v) is 9.47. The fourth-order valence-corrected chi connectivity index (χ4v) is 1.64. The van der Waals surface area contributed by atoms with Crippen LogP contribution in [0.2, 0.25) is 0 Å². The second-order valence-corrected chi connectivity index (χ2v) is 3.81. The molecule has 2 rings (SSSR count). The smallest absolute Gasteiger partial charge is 0.324 e. The maximum Gasteiger partial charge on any atom is 0.324 e. The fourth-order valence-electron chi connectivity index (χ4n) is 1.64. The van der Waals surface area contributed by atoms with Gasteiger partial charge in [-0.25, -0.2) is 10.6 Å². The molecular formula is C11H12N4O3. The molecule has 0 aliphatic carbocycles. The van der Waals surface area contributed by atoms with Crippen molar-refractivity contribution in [3.63, 3.8) is 0 Å². The highest BCUT2D eigenvalue weighted by molar-refractivity contribution is 6.01. The number of nitrogens with two attached hydrogens (primary N) is 1. The van der Waals surface area contributed by atoms with E-state index in [4.69, 9.17) is 5.84 Å². The Morgan fingerprint density at radius 2 is 2.00 bits per heavy atom. The van der Waals surface area contributed by atoms with E-state index in [1.165, 1.54) is 0 Å². The Kier molecular flexibility index (Phi) is 3.24. The summed E-state index contributed by atoms with van der Waals surface area (Å²) in [4.78, 5) is 35.0. The number of nitrogen functional groups attached to an aromatic ring is 1. The minimum atomic E-state index is -0.399. The van der Waals surface area contributed by atoms with Crippen LogP contribution in [0.25, 0.3) is 0 Å². The molecule has 1 aromatic rings. The van der Waals surface area contributed by atoms with Crippen molar-refractivity contribution in [1.82, 2.24) is 15.6 Å². The number of hydrogen-bond donors (Lipinski definition) is 3. The van der Waals surface area contributed by atoms with Crippen LogP contribution in [0, 0.1) is 0 Å². The van der Waals surface area contributed by atoms with Crippen molar-refractivity contribution in [2.24, 2.45) is 5.84 Å². The molecule has 0 atom stereocenters. The second-order valence-electron chi connectivity index (χ2n) is 3.81. The Labute approximate surface area is 103 Å². The van der Waals surface area contributed by atoms with Crippen LogP contribution in [0.15, 0.2) is 24.3 Å². The molecule has 1 heterocycles. The zero-order chi connectivity index (χ0) is 13.1. The summed E-state index contributed by atoms with van der Waals surface area (Å²) in [5.41, 5.74) is 3.19. The molecule has 18 heavy (non-hydrogen) atoms. The van der Waals surface area contributed by atoms with Gasteiger partial charge in [0.25, 0.3) is 5.91 Å². The lowest BCUT2D eigenvalue weighted by Crippen LogP contribution is -2.31. The molecule has 4 N–H and O–H groups in total. The number of nitrogens with zero attached hydrogens (tertiary/aromatic N) is 1. The maximum atomic E-state index is 11.4. The molecule has 4 amide bonds. The van der Waals surface area contributed by atoms with Crippen molar-refractivity contribution in [3.05, 3.63) is 35.4 Å². The number of urea groups is 1. The third kappa shape index (κ3) is 2.30. The highest BCUT2D eigenvalue weighted by Crippen LogP contribution is 2.10. The topological polar surface area (TPSA) is 105 Å². The van der Waals surface area contributed by atoms with E-state index in [1.807, 2.05) is 5.43 Å². The summed E-state index contributed by atoms with van der Waals surface area (Å²) < 4.78 is 0. The van der Waals surface area contributed by atoms with Crippen LogP contribution in [-0.4, -0.2) is 29.3 Å². The normalized spacial score (nSPS) is 14.6. The van der Waals surface area contributed by atoms with E-state index in [-0.39, 0.29) is 19.0 Å². The van der Waals surface area contributed by atoms with Gasteiger partial charge in [-0.15, -0.1) is 0 Å². The van der Waals surface area contributed by atoms with Crippen molar-refractivity contribution in [1.29, 1.82) is 0 Å². The SMILES string of the molecule is NNC(=O)c1ccc(CN2C(=O)CNC2=O)cc1. The summed E-state index contributed by atoms with van der Waals surface area (Å²) in [5, 5.41) is 2.44. The Balaban J connectivity index is 2.09. The summed E-state index contributed by atoms with van der Waals surface area (Å²) in [5.74, 6) is 4.35. The van der Waals surface area contributed by atoms with Crippen molar-refractivity contribution in [2.45, 2.75) is 6.54 Å². The molecule has 1 aliphatic heterocycles. The number of benzene rings is 1. The van der Waals surface area contributed by atoms with Crippen LogP contribution in [0.4, 0.5) is 4.79 Å². The Hall–Kier alpha value is -2.41. The van der Waals surface area contributed by atoms with Gasteiger partial charge in [0, 0.05) is 5.56 Å². The highest BCUT2D eigenvalue weighted by Gasteiger charge is 2.28. The fraction of sp³-hybridized carbons (Fsp3) is 0.182. The average Bonchev–Trinajstić information content (AvgIpc) is 2.70. The predicted octanol–water partition coefficient (Wildman–Crippen LogP) is -0.658. The Bertz CT molecular complexity index is 482. The number of rotatable bonds is 3. The van der Waals surface area contributed by atoms with Gasteiger partial charge in [0.15, 0.2) is 0 Å². The van der Waals surface area contributed by atoms with Crippen LogP contribution in [0.3, 0.4) is 0 Å². The summed E-state index contributed by atoms with van der Waals surface area (Å²) in [7, 11) is 0. The summed E-state index contributed by atoms with van der Waals surface area (Å²) in [6, 6.07) is 6.10. The Morgan fingerprint density at radius 1 is 1.33 bits per heavy atom. The molecule has 7 heteroatoms. The molecule has 1 aliphatic rings. The third-order valence-corrected chi connectivity index (χ3v) is 2.62. The summed E-state index contributed by atoms with van der Waals surface area (Å²) >= 11 is 0. The number of imide groups is 1. The molecule has 0 spiro atoms. The second kappa shape index (κ2) is 4.84. The summed E-state index contributed by atoms with van der Waals surface area (Å²) in [6.07, 6.45) is 0. The molecule has 0 unspecified atom stereocenters. The maximum absolute atomic E-state index is 11.4.